The van der Waals surface area contributed by atoms with E-state index < -0.39 is 11.6 Å². The van der Waals surface area contributed by atoms with E-state index in [1.165, 1.54) is 32.5 Å². The van der Waals surface area contributed by atoms with Crippen LogP contribution in [0.5, 0.6) is 11.5 Å². The summed E-state index contributed by atoms with van der Waals surface area (Å²) in [5.41, 5.74) is 0.773. The Morgan fingerprint density at radius 1 is 1.00 bits per heavy atom. The molecule has 2 fully saturated rings. The largest absolute Gasteiger partial charge is 0.494 e. The lowest BCUT2D eigenvalue weighted by Crippen LogP contribution is -2.22. The molecule has 210 valence electrons. The van der Waals surface area contributed by atoms with Crippen LogP contribution in [-0.2, 0) is 27.4 Å². The summed E-state index contributed by atoms with van der Waals surface area (Å²) in [6.07, 6.45) is 8.35. The van der Waals surface area contributed by atoms with Gasteiger partial charge in [0.1, 0.15) is 18.2 Å². The van der Waals surface area contributed by atoms with Crippen molar-refractivity contribution in [3.05, 3.63) is 53.0 Å². The minimum atomic E-state index is -0.798. The number of hydrogen-bond donors (Lipinski definition) is 1. The average molecular weight is 546 g/mol. The number of aromatic nitrogens is 4. The summed E-state index contributed by atoms with van der Waals surface area (Å²) < 4.78 is 58.9. The lowest BCUT2D eigenvalue weighted by molar-refractivity contribution is -0.169. The van der Waals surface area contributed by atoms with Gasteiger partial charge in [-0.1, -0.05) is 0 Å². The number of rotatable bonds is 10. The van der Waals surface area contributed by atoms with E-state index in [4.69, 9.17) is 28.8 Å². The first-order valence-corrected chi connectivity index (χ1v) is 13.2. The Balaban J connectivity index is 1.26. The van der Waals surface area contributed by atoms with E-state index in [1.807, 2.05) is 6.07 Å². The molecule has 12 heteroatoms. The van der Waals surface area contributed by atoms with Crippen LogP contribution in [0, 0.1) is 18.6 Å². The Kier molecular flexibility index (Phi) is 8.84. The number of aryl methyl sites for hydroxylation is 1. The van der Waals surface area contributed by atoms with E-state index in [-0.39, 0.29) is 41.8 Å². The second-order valence-electron chi connectivity index (χ2n) is 9.55. The van der Waals surface area contributed by atoms with Crippen molar-refractivity contribution in [2.24, 2.45) is 0 Å². The van der Waals surface area contributed by atoms with Gasteiger partial charge in [0, 0.05) is 19.3 Å². The summed E-state index contributed by atoms with van der Waals surface area (Å²) in [5, 5.41) is 7.91. The molecule has 10 nitrogen and oxygen atoms in total. The summed E-state index contributed by atoms with van der Waals surface area (Å²) in [7, 11) is 1.33. The van der Waals surface area contributed by atoms with Gasteiger partial charge in [-0.05, 0) is 57.1 Å². The van der Waals surface area contributed by atoms with Crippen LogP contribution in [0.3, 0.4) is 0 Å². The van der Waals surface area contributed by atoms with Crippen LogP contribution >= 0.6 is 0 Å². The molecular weight excluding hydrogens is 512 g/mol. The van der Waals surface area contributed by atoms with Gasteiger partial charge in [-0.2, -0.15) is 5.10 Å². The van der Waals surface area contributed by atoms with Crippen molar-refractivity contribution in [2.75, 3.05) is 25.6 Å². The number of anilines is 2. The third-order valence-corrected chi connectivity index (χ3v) is 6.68. The molecule has 2 aliphatic rings. The van der Waals surface area contributed by atoms with Gasteiger partial charge < -0.3 is 29.0 Å². The molecule has 2 atom stereocenters. The number of ether oxygens (including phenoxy) is 5. The van der Waals surface area contributed by atoms with E-state index in [9.17, 15) is 8.78 Å². The van der Waals surface area contributed by atoms with Crippen LogP contribution in [0.15, 0.2) is 24.5 Å². The number of benzene rings is 1. The molecule has 2 unspecified atom stereocenters. The molecule has 2 aromatic heterocycles. The summed E-state index contributed by atoms with van der Waals surface area (Å²) in [6, 6.07) is 3.19. The van der Waals surface area contributed by atoms with Crippen molar-refractivity contribution in [2.45, 2.75) is 71.2 Å². The minimum absolute atomic E-state index is 0.0436. The standard InChI is InChI=1S/C27H33F2N5O5/c1-17-11-21(35-2)26(29)20(25(17)28)16-38-19-13-30-27(31-14-19)32-22-12-18(15-39-24-8-4-6-10-37-24)33-34(22)23-7-3-5-9-36-23/h11-14,23-24H,3-10,15-16H2,1-2H3,(H,30,31,32). The number of methoxy groups -OCH3 is 1. The highest BCUT2D eigenvalue weighted by Gasteiger charge is 2.23. The van der Waals surface area contributed by atoms with Gasteiger partial charge in [0.15, 0.2) is 29.8 Å². The quantitative estimate of drug-likeness (QED) is 0.362. The first kappa shape index (κ1) is 27.2. The summed E-state index contributed by atoms with van der Waals surface area (Å²) in [6.45, 7) is 2.88. The normalized spacial score (nSPS) is 19.6. The third kappa shape index (κ3) is 6.63. The highest BCUT2D eigenvalue weighted by Crippen LogP contribution is 2.29. The van der Waals surface area contributed by atoms with Gasteiger partial charge in [-0.3, -0.25) is 0 Å². The van der Waals surface area contributed by atoms with E-state index in [0.29, 0.717) is 31.6 Å². The molecule has 0 amide bonds. The lowest BCUT2D eigenvalue weighted by atomic mass is 10.1. The van der Waals surface area contributed by atoms with Crippen molar-refractivity contribution in [3.8, 4) is 11.5 Å². The van der Waals surface area contributed by atoms with Crippen molar-refractivity contribution in [1.29, 1.82) is 0 Å². The molecule has 2 saturated heterocycles. The maximum atomic E-state index is 14.6. The number of hydrogen-bond acceptors (Lipinski definition) is 9. The first-order chi connectivity index (χ1) is 19.0. The van der Waals surface area contributed by atoms with E-state index >= 15 is 0 Å². The number of nitrogens with one attached hydrogen (secondary N) is 1. The second kappa shape index (κ2) is 12.7. The molecule has 0 bridgehead atoms. The zero-order chi connectivity index (χ0) is 27.2. The van der Waals surface area contributed by atoms with Crippen molar-refractivity contribution in [1.82, 2.24) is 19.7 Å². The molecule has 39 heavy (non-hydrogen) atoms. The molecule has 1 aromatic carbocycles. The Morgan fingerprint density at radius 3 is 2.46 bits per heavy atom. The lowest BCUT2D eigenvalue weighted by Gasteiger charge is -2.24. The molecule has 4 heterocycles. The zero-order valence-corrected chi connectivity index (χ0v) is 22.1. The molecule has 5 rings (SSSR count). The summed E-state index contributed by atoms with van der Waals surface area (Å²) in [5.74, 6) is -0.302. The topological polar surface area (TPSA) is 102 Å². The van der Waals surface area contributed by atoms with Crippen LogP contribution in [0.25, 0.3) is 0 Å². The monoisotopic (exact) mass is 545 g/mol. The van der Waals surface area contributed by atoms with Gasteiger partial charge in [-0.25, -0.2) is 23.4 Å². The van der Waals surface area contributed by atoms with Gasteiger partial charge in [0.2, 0.25) is 5.95 Å². The maximum absolute atomic E-state index is 14.6. The highest BCUT2D eigenvalue weighted by molar-refractivity contribution is 5.49. The predicted molar refractivity (Wildman–Crippen MR) is 137 cm³/mol. The molecule has 0 spiro atoms. The number of halogens is 2. The van der Waals surface area contributed by atoms with E-state index in [1.54, 1.807) is 4.68 Å². The molecule has 1 N–H and O–H groups in total. The zero-order valence-electron chi connectivity index (χ0n) is 22.1. The van der Waals surface area contributed by atoms with Crippen LogP contribution < -0.4 is 14.8 Å². The van der Waals surface area contributed by atoms with Crippen molar-refractivity contribution in [3.63, 3.8) is 0 Å². The fraction of sp³-hybridized carbons (Fsp3) is 0.519. The maximum Gasteiger partial charge on any atom is 0.228 e. The molecule has 0 radical (unpaired) electrons. The summed E-state index contributed by atoms with van der Waals surface area (Å²) in [4.78, 5) is 8.61. The highest BCUT2D eigenvalue weighted by atomic mass is 19.1. The fourth-order valence-corrected chi connectivity index (χ4v) is 4.57. The Morgan fingerprint density at radius 2 is 1.77 bits per heavy atom. The van der Waals surface area contributed by atoms with Gasteiger partial charge in [0.25, 0.3) is 0 Å². The second-order valence-corrected chi connectivity index (χ2v) is 9.55. The van der Waals surface area contributed by atoms with Crippen LogP contribution in [-0.4, -0.2) is 46.4 Å². The minimum Gasteiger partial charge on any atom is -0.494 e. The van der Waals surface area contributed by atoms with Crippen molar-refractivity contribution >= 4 is 11.8 Å². The fourth-order valence-electron chi connectivity index (χ4n) is 4.57. The number of nitrogens with zero attached hydrogens (tertiary/aromatic N) is 4. The van der Waals surface area contributed by atoms with Crippen LogP contribution in [0.4, 0.5) is 20.5 Å². The summed E-state index contributed by atoms with van der Waals surface area (Å²) >= 11 is 0. The van der Waals surface area contributed by atoms with Gasteiger partial charge >= 0.3 is 0 Å². The molecule has 0 saturated carbocycles. The van der Waals surface area contributed by atoms with Crippen LogP contribution in [0.2, 0.25) is 0 Å². The Bertz CT molecular complexity index is 1240. The van der Waals surface area contributed by atoms with Crippen molar-refractivity contribution < 1.29 is 32.5 Å². The molecule has 2 aliphatic heterocycles. The Hall–Kier alpha value is -3.35. The predicted octanol–water partition coefficient (Wildman–Crippen LogP) is 5.33. The Labute approximate surface area is 225 Å². The van der Waals surface area contributed by atoms with E-state index in [2.05, 4.69) is 15.3 Å². The van der Waals surface area contributed by atoms with Crippen LogP contribution in [0.1, 0.15) is 61.6 Å². The third-order valence-electron chi connectivity index (χ3n) is 6.68. The van der Waals surface area contributed by atoms with Gasteiger partial charge in [-0.15, -0.1) is 0 Å². The molecular formula is C27H33F2N5O5. The smallest absolute Gasteiger partial charge is 0.228 e. The first-order valence-electron chi connectivity index (χ1n) is 13.2. The molecule has 3 aromatic rings. The van der Waals surface area contributed by atoms with E-state index in [0.717, 1.165) is 44.2 Å². The van der Waals surface area contributed by atoms with Gasteiger partial charge in [0.05, 0.1) is 37.4 Å². The molecule has 0 aliphatic carbocycles. The SMILES string of the molecule is COc1cc(C)c(F)c(COc2cnc(Nc3cc(COC4CCCCO4)nn3C3CCCCO3)nc2)c1F. The average Bonchev–Trinajstić information content (AvgIpc) is 3.38.